The summed E-state index contributed by atoms with van der Waals surface area (Å²) in [5.41, 5.74) is 10.9. The standard InChI is InChI=1S/C46H28N4O/c1-3-15-29(16-4-1)43-42-35-22-10-14-26-40(35)51-46(42)48-45(47-43)34-21-9-13-25-38(34)50-36-23-11-7-19-31(36)32-27-28-39-41(44(32)50)33-20-8-12-24-37(33)49(39)30-17-5-2-6-18-30/h1-28H. The number of rotatable bonds is 4. The topological polar surface area (TPSA) is 48.8 Å². The lowest BCUT2D eigenvalue weighted by molar-refractivity contribution is 0.653. The van der Waals surface area contributed by atoms with E-state index in [2.05, 4.69) is 155 Å². The van der Waals surface area contributed by atoms with Crippen molar-refractivity contribution in [2.75, 3.05) is 0 Å². The minimum absolute atomic E-state index is 0.574. The van der Waals surface area contributed by atoms with Gasteiger partial charge in [0.1, 0.15) is 5.58 Å². The minimum atomic E-state index is 0.574. The average Bonchev–Trinajstić information content (AvgIpc) is 3.86. The molecule has 0 spiro atoms. The quantitative estimate of drug-likeness (QED) is 0.190. The Morgan fingerprint density at radius 1 is 0.431 bits per heavy atom. The molecule has 238 valence electrons. The lowest BCUT2D eigenvalue weighted by Crippen LogP contribution is -2.01. The molecule has 11 rings (SSSR count). The number of hydrogen-bond donors (Lipinski definition) is 0. The van der Waals surface area contributed by atoms with Crippen LogP contribution in [0.4, 0.5) is 0 Å². The highest BCUT2D eigenvalue weighted by Crippen LogP contribution is 2.44. The van der Waals surface area contributed by atoms with E-state index in [1.54, 1.807) is 0 Å². The van der Waals surface area contributed by atoms with Gasteiger partial charge >= 0.3 is 0 Å². The monoisotopic (exact) mass is 652 g/mol. The Hall–Kier alpha value is -6.98. The Morgan fingerprint density at radius 2 is 1.08 bits per heavy atom. The molecule has 0 amide bonds. The highest BCUT2D eigenvalue weighted by molar-refractivity contribution is 6.26. The third-order valence-electron chi connectivity index (χ3n) is 10.2. The maximum atomic E-state index is 6.44. The summed E-state index contributed by atoms with van der Waals surface area (Å²) in [7, 11) is 0. The Bertz CT molecular complexity index is 3130. The molecule has 0 fully saturated rings. The first kappa shape index (κ1) is 27.9. The second-order valence-electron chi connectivity index (χ2n) is 13.0. The van der Waals surface area contributed by atoms with Gasteiger partial charge in [-0.05, 0) is 48.5 Å². The van der Waals surface area contributed by atoms with Crippen LogP contribution in [0, 0.1) is 0 Å². The van der Waals surface area contributed by atoms with Crippen molar-refractivity contribution in [1.29, 1.82) is 0 Å². The van der Waals surface area contributed by atoms with E-state index in [1.807, 2.05) is 24.3 Å². The zero-order valence-corrected chi connectivity index (χ0v) is 27.4. The van der Waals surface area contributed by atoms with Gasteiger partial charge in [0.25, 0.3) is 0 Å². The number of benzene rings is 7. The molecular formula is C46H28N4O. The molecule has 4 aromatic heterocycles. The zero-order valence-electron chi connectivity index (χ0n) is 27.4. The van der Waals surface area contributed by atoms with Crippen molar-refractivity contribution in [1.82, 2.24) is 19.1 Å². The van der Waals surface area contributed by atoms with E-state index in [0.29, 0.717) is 11.5 Å². The maximum Gasteiger partial charge on any atom is 0.231 e. The van der Waals surface area contributed by atoms with Crippen molar-refractivity contribution in [3.05, 3.63) is 170 Å². The van der Waals surface area contributed by atoms with Gasteiger partial charge in [-0.3, -0.25) is 0 Å². The van der Waals surface area contributed by atoms with Gasteiger partial charge in [-0.15, -0.1) is 0 Å². The summed E-state index contributed by atoms with van der Waals surface area (Å²) < 4.78 is 11.2. The van der Waals surface area contributed by atoms with Crippen LogP contribution < -0.4 is 0 Å². The number of para-hydroxylation sites is 5. The van der Waals surface area contributed by atoms with Crippen LogP contribution in [0.15, 0.2) is 174 Å². The molecule has 0 saturated carbocycles. The van der Waals surface area contributed by atoms with Gasteiger partial charge in [0, 0.05) is 43.7 Å². The Morgan fingerprint density at radius 3 is 1.90 bits per heavy atom. The molecule has 5 heteroatoms. The van der Waals surface area contributed by atoms with E-state index in [-0.39, 0.29) is 0 Å². The van der Waals surface area contributed by atoms with Crippen LogP contribution in [0.2, 0.25) is 0 Å². The van der Waals surface area contributed by atoms with Gasteiger partial charge in [0.05, 0.1) is 38.8 Å². The third kappa shape index (κ3) is 4.03. The molecule has 0 aliphatic carbocycles. The summed E-state index contributed by atoms with van der Waals surface area (Å²) in [5, 5.41) is 6.73. The van der Waals surface area contributed by atoms with Crippen molar-refractivity contribution >= 4 is 65.7 Å². The van der Waals surface area contributed by atoms with Crippen molar-refractivity contribution < 1.29 is 4.42 Å². The van der Waals surface area contributed by atoms with E-state index in [1.165, 1.54) is 27.1 Å². The smallest absolute Gasteiger partial charge is 0.231 e. The summed E-state index contributed by atoms with van der Waals surface area (Å²) in [4.78, 5) is 10.5. The molecule has 0 saturated heterocycles. The maximum absolute atomic E-state index is 6.44. The first-order valence-corrected chi connectivity index (χ1v) is 17.2. The fourth-order valence-corrected chi connectivity index (χ4v) is 8.02. The predicted molar refractivity (Wildman–Crippen MR) is 209 cm³/mol. The second-order valence-corrected chi connectivity index (χ2v) is 13.0. The first-order chi connectivity index (χ1) is 25.3. The summed E-state index contributed by atoms with van der Waals surface area (Å²) >= 11 is 0. The molecule has 0 N–H and O–H groups in total. The van der Waals surface area contributed by atoms with Crippen LogP contribution >= 0.6 is 0 Å². The molecule has 0 radical (unpaired) electrons. The van der Waals surface area contributed by atoms with Crippen LogP contribution in [-0.2, 0) is 0 Å². The van der Waals surface area contributed by atoms with Crippen LogP contribution in [0.5, 0.6) is 0 Å². The Kier molecular flexibility index (Phi) is 5.89. The van der Waals surface area contributed by atoms with E-state index in [9.17, 15) is 0 Å². The van der Waals surface area contributed by atoms with E-state index in [4.69, 9.17) is 14.4 Å². The normalized spacial score (nSPS) is 11.9. The summed E-state index contributed by atoms with van der Waals surface area (Å²) in [5.74, 6) is 0.612. The molecule has 4 heterocycles. The fraction of sp³-hybridized carbons (Fsp3) is 0. The number of furan rings is 1. The van der Waals surface area contributed by atoms with Crippen LogP contribution in [-0.4, -0.2) is 19.1 Å². The number of hydrogen-bond acceptors (Lipinski definition) is 3. The van der Waals surface area contributed by atoms with Crippen LogP contribution in [0.3, 0.4) is 0 Å². The number of aromatic nitrogens is 4. The molecule has 0 atom stereocenters. The number of fused-ring (bicyclic) bond motifs is 10. The molecule has 0 unspecified atom stereocenters. The Labute approximate surface area is 292 Å². The van der Waals surface area contributed by atoms with Gasteiger partial charge in [0.2, 0.25) is 5.71 Å². The molecule has 51 heavy (non-hydrogen) atoms. The highest BCUT2D eigenvalue weighted by Gasteiger charge is 2.24. The summed E-state index contributed by atoms with van der Waals surface area (Å²) in [6, 6.07) is 59.5. The first-order valence-electron chi connectivity index (χ1n) is 17.2. The van der Waals surface area contributed by atoms with Gasteiger partial charge in [-0.25, -0.2) is 4.98 Å². The molecule has 0 aliphatic heterocycles. The van der Waals surface area contributed by atoms with E-state index in [0.717, 1.165) is 61.1 Å². The van der Waals surface area contributed by atoms with Crippen molar-refractivity contribution in [2.24, 2.45) is 0 Å². The predicted octanol–water partition coefficient (Wildman–Crippen LogP) is 11.9. The SMILES string of the molecule is c1ccc(-c2nc(-c3ccccc3-n3c4ccccc4c4ccc5c(c6ccccc6n5-c5ccccc5)c43)nc3oc4ccccc4c23)cc1. The van der Waals surface area contributed by atoms with Crippen molar-refractivity contribution in [3.63, 3.8) is 0 Å². The Balaban J connectivity index is 1.27. The van der Waals surface area contributed by atoms with Gasteiger partial charge < -0.3 is 13.6 Å². The number of nitrogens with zero attached hydrogens (tertiary/aromatic N) is 4. The second kappa shape index (κ2) is 10.8. The lowest BCUT2D eigenvalue weighted by atomic mass is 10.1. The lowest BCUT2D eigenvalue weighted by Gasteiger charge is -2.15. The molecular weight excluding hydrogens is 625 g/mol. The summed E-state index contributed by atoms with van der Waals surface area (Å²) in [6.45, 7) is 0. The molecule has 7 aromatic carbocycles. The largest absolute Gasteiger partial charge is 0.438 e. The molecule has 11 aromatic rings. The van der Waals surface area contributed by atoms with Crippen molar-refractivity contribution in [2.45, 2.75) is 0 Å². The molecule has 0 bridgehead atoms. The van der Waals surface area contributed by atoms with Crippen molar-refractivity contribution in [3.8, 4) is 34.0 Å². The minimum Gasteiger partial charge on any atom is -0.438 e. The zero-order chi connectivity index (χ0) is 33.5. The van der Waals surface area contributed by atoms with Gasteiger partial charge in [0.15, 0.2) is 5.82 Å². The third-order valence-corrected chi connectivity index (χ3v) is 10.2. The van der Waals surface area contributed by atoms with Gasteiger partial charge in [-0.2, -0.15) is 4.98 Å². The molecule has 0 aliphatic rings. The fourth-order valence-electron chi connectivity index (χ4n) is 8.02. The summed E-state index contributed by atoms with van der Waals surface area (Å²) in [6.07, 6.45) is 0. The average molecular weight is 653 g/mol. The molecule has 5 nitrogen and oxygen atoms in total. The van der Waals surface area contributed by atoms with Crippen LogP contribution in [0.1, 0.15) is 0 Å². The highest BCUT2D eigenvalue weighted by atomic mass is 16.3. The van der Waals surface area contributed by atoms with Crippen LogP contribution in [0.25, 0.3) is 99.7 Å². The van der Waals surface area contributed by atoms with E-state index >= 15 is 0 Å². The van der Waals surface area contributed by atoms with Gasteiger partial charge in [-0.1, -0.05) is 121 Å². The van der Waals surface area contributed by atoms with E-state index < -0.39 is 0 Å².